The van der Waals surface area contributed by atoms with E-state index in [1.807, 2.05) is 0 Å². The topological polar surface area (TPSA) is 55.4 Å². The van der Waals surface area contributed by atoms with Gasteiger partial charge in [-0.25, -0.2) is 0 Å². The van der Waals surface area contributed by atoms with E-state index in [2.05, 4.69) is 0 Å². The maximum atomic E-state index is 14.4. The predicted molar refractivity (Wildman–Crippen MR) is 132 cm³/mol. The van der Waals surface area contributed by atoms with E-state index in [0.29, 0.717) is 0 Å². The second-order valence-corrected chi connectivity index (χ2v) is 8.99. The molecule has 0 spiro atoms. The third-order valence-corrected chi connectivity index (χ3v) is 5.60. The number of methoxy groups -OCH3 is 2. The summed E-state index contributed by atoms with van der Waals surface area (Å²) in [4.78, 5) is 0. The molecule has 0 aliphatic heterocycles. The summed E-state index contributed by atoms with van der Waals surface area (Å²) in [6.45, 7) is 1.45. The number of hydrogen-bond acceptors (Lipinski definition) is 6. The summed E-state index contributed by atoms with van der Waals surface area (Å²) in [7, 11) is 2.60. The molecule has 3 rings (SSSR count). The highest BCUT2D eigenvalue weighted by atomic mass is 19.2. The predicted octanol–water partition coefficient (Wildman–Crippen LogP) is 6.78. The molecule has 0 bridgehead atoms. The molecule has 0 radical (unpaired) electrons. The first kappa shape index (κ1) is 32.7. The van der Waals surface area contributed by atoms with Crippen molar-refractivity contribution < 1.29 is 63.5 Å². The van der Waals surface area contributed by atoms with Crippen LogP contribution in [0.25, 0.3) is 0 Å². The van der Waals surface area contributed by atoms with Crippen molar-refractivity contribution in [2.75, 3.05) is 27.4 Å². The number of benzene rings is 3. The third-order valence-electron chi connectivity index (χ3n) is 5.60. The first-order valence-electron chi connectivity index (χ1n) is 12.3. The zero-order valence-corrected chi connectivity index (χ0v) is 22.8. The van der Waals surface area contributed by atoms with E-state index in [4.69, 9.17) is 28.4 Å². The van der Waals surface area contributed by atoms with E-state index in [1.165, 1.54) is 52.3 Å². The number of halogens is 8. The van der Waals surface area contributed by atoms with Crippen LogP contribution in [0, 0.1) is 46.5 Å². The molecule has 0 aliphatic carbocycles. The van der Waals surface area contributed by atoms with E-state index < -0.39 is 95.0 Å². The lowest BCUT2D eigenvalue weighted by Gasteiger charge is -2.17. The van der Waals surface area contributed by atoms with E-state index >= 15 is 0 Å². The van der Waals surface area contributed by atoms with Crippen LogP contribution in [0.2, 0.25) is 0 Å². The standard InChI is InChI=1S/C28H26F8O6/c1-13(9-37-3)41-27-21(33)17(29)25(18(30)22(27)34)39-11-15-5-7-16(8-6-15)12-40-26-19(31)23(35)28(24(36)20(26)32)42-14(2)10-38-4/h5-8,13-14H,9-12H2,1-4H3. The van der Waals surface area contributed by atoms with E-state index in [-0.39, 0.29) is 24.3 Å². The molecule has 0 aromatic heterocycles. The minimum atomic E-state index is -1.81. The van der Waals surface area contributed by atoms with Gasteiger partial charge in [0.1, 0.15) is 25.4 Å². The minimum Gasteiger partial charge on any atom is -0.483 e. The van der Waals surface area contributed by atoms with Crippen LogP contribution in [-0.4, -0.2) is 39.6 Å². The van der Waals surface area contributed by atoms with Crippen molar-refractivity contribution in [1.82, 2.24) is 0 Å². The van der Waals surface area contributed by atoms with E-state index in [9.17, 15) is 35.1 Å². The highest BCUT2D eigenvalue weighted by Crippen LogP contribution is 2.37. The molecule has 0 amide bonds. The summed E-state index contributed by atoms with van der Waals surface area (Å²) in [6, 6.07) is 5.36. The van der Waals surface area contributed by atoms with E-state index in [0.717, 1.165) is 0 Å². The fraction of sp³-hybridized carbons (Fsp3) is 0.357. The van der Waals surface area contributed by atoms with Crippen LogP contribution in [0.3, 0.4) is 0 Å². The molecule has 230 valence electrons. The van der Waals surface area contributed by atoms with Crippen molar-refractivity contribution in [3.05, 3.63) is 81.9 Å². The Morgan fingerprint density at radius 2 is 0.738 bits per heavy atom. The van der Waals surface area contributed by atoms with Crippen molar-refractivity contribution in [2.24, 2.45) is 0 Å². The second kappa shape index (κ2) is 14.4. The van der Waals surface area contributed by atoms with Crippen LogP contribution in [0.15, 0.2) is 24.3 Å². The van der Waals surface area contributed by atoms with Gasteiger partial charge in [-0.1, -0.05) is 24.3 Å². The van der Waals surface area contributed by atoms with Gasteiger partial charge in [0.15, 0.2) is 23.0 Å². The fourth-order valence-electron chi connectivity index (χ4n) is 3.63. The largest absolute Gasteiger partial charge is 0.483 e. The van der Waals surface area contributed by atoms with Gasteiger partial charge in [0, 0.05) is 14.2 Å². The lowest BCUT2D eigenvalue weighted by molar-refractivity contribution is 0.0842. The van der Waals surface area contributed by atoms with Gasteiger partial charge in [0.2, 0.25) is 46.5 Å². The molecule has 0 heterocycles. The van der Waals surface area contributed by atoms with Crippen molar-refractivity contribution >= 4 is 0 Å². The first-order chi connectivity index (χ1) is 19.9. The second-order valence-electron chi connectivity index (χ2n) is 8.99. The van der Waals surface area contributed by atoms with Crippen molar-refractivity contribution in [1.29, 1.82) is 0 Å². The monoisotopic (exact) mass is 610 g/mol. The molecule has 14 heteroatoms. The van der Waals surface area contributed by atoms with Gasteiger partial charge >= 0.3 is 0 Å². The first-order valence-corrected chi connectivity index (χ1v) is 12.3. The smallest absolute Gasteiger partial charge is 0.207 e. The van der Waals surface area contributed by atoms with Crippen molar-refractivity contribution in [3.63, 3.8) is 0 Å². The van der Waals surface area contributed by atoms with Gasteiger partial charge in [0.25, 0.3) is 0 Å². The normalized spacial score (nSPS) is 12.7. The molecule has 0 aliphatic rings. The lowest BCUT2D eigenvalue weighted by atomic mass is 10.1. The van der Waals surface area contributed by atoms with Gasteiger partial charge < -0.3 is 28.4 Å². The summed E-state index contributed by atoms with van der Waals surface area (Å²) in [5, 5.41) is 0. The summed E-state index contributed by atoms with van der Waals surface area (Å²) in [5.41, 5.74) is 0.516. The van der Waals surface area contributed by atoms with Crippen molar-refractivity contribution in [2.45, 2.75) is 39.3 Å². The molecular formula is C28H26F8O6. The highest BCUT2D eigenvalue weighted by Gasteiger charge is 2.30. The molecule has 0 saturated heterocycles. The maximum absolute atomic E-state index is 14.4. The summed E-state index contributed by atoms with van der Waals surface area (Å²) >= 11 is 0. The van der Waals surface area contributed by atoms with Gasteiger partial charge in [-0.3, -0.25) is 0 Å². The van der Waals surface area contributed by atoms with Crippen molar-refractivity contribution in [3.8, 4) is 23.0 Å². The summed E-state index contributed by atoms with van der Waals surface area (Å²) in [5.74, 6) is -19.6. The average Bonchev–Trinajstić information content (AvgIpc) is 2.96. The number of rotatable bonds is 14. The quantitative estimate of drug-likeness (QED) is 0.148. The molecule has 3 aromatic rings. The lowest BCUT2D eigenvalue weighted by Crippen LogP contribution is -2.20. The zero-order chi connectivity index (χ0) is 31.1. The molecule has 0 saturated carbocycles. The van der Waals surface area contributed by atoms with Crippen LogP contribution < -0.4 is 18.9 Å². The van der Waals surface area contributed by atoms with Crippen LogP contribution in [0.4, 0.5) is 35.1 Å². The van der Waals surface area contributed by atoms with Gasteiger partial charge in [0.05, 0.1) is 13.2 Å². The Bertz CT molecular complexity index is 1220. The van der Waals surface area contributed by atoms with E-state index in [1.54, 1.807) is 0 Å². The van der Waals surface area contributed by atoms with Crippen LogP contribution in [0.1, 0.15) is 25.0 Å². The Morgan fingerprint density at radius 3 is 1.00 bits per heavy atom. The Balaban J connectivity index is 1.69. The molecular weight excluding hydrogens is 584 g/mol. The molecule has 2 atom stereocenters. The SMILES string of the molecule is COCC(C)Oc1c(F)c(F)c(OCc2ccc(COc3c(F)c(F)c(OC(C)COC)c(F)c3F)cc2)c(F)c1F. The van der Waals surface area contributed by atoms with Gasteiger partial charge in [-0.2, -0.15) is 35.1 Å². The number of hydrogen-bond donors (Lipinski definition) is 0. The van der Waals surface area contributed by atoms with Crippen LogP contribution in [0.5, 0.6) is 23.0 Å². The maximum Gasteiger partial charge on any atom is 0.207 e. The molecule has 3 aromatic carbocycles. The Labute approximate surface area is 235 Å². The highest BCUT2D eigenvalue weighted by molar-refractivity contribution is 5.40. The third kappa shape index (κ3) is 7.34. The van der Waals surface area contributed by atoms with Crippen LogP contribution in [-0.2, 0) is 22.7 Å². The Morgan fingerprint density at radius 1 is 0.476 bits per heavy atom. The molecule has 6 nitrogen and oxygen atoms in total. The minimum absolute atomic E-state index is 0.102. The zero-order valence-electron chi connectivity index (χ0n) is 22.8. The van der Waals surface area contributed by atoms with Crippen LogP contribution >= 0.6 is 0 Å². The average molecular weight is 610 g/mol. The fourth-order valence-corrected chi connectivity index (χ4v) is 3.63. The van der Waals surface area contributed by atoms with Gasteiger partial charge in [-0.05, 0) is 25.0 Å². The molecule has 0 N–H and O–H groups in total. The molecule has 42 heavy (non-hydrogen) atoms. The Kier molecular flexibility index (Phi) is 11.2. The number of ether oxygens (including phenoxy) is 6. The molecule has 0 fully saturated rings. The molecule has 2 unspecified atom stereocenters. The summed E-state index contributed by atoms with van der Waals surface area (Å²) < 4.78 is 144. The Hall–Kier alpha value is -3.78. The van der Waals surface area contributed by atoms with Gasteiger partial charge in [-0.15, -0.1) is 0 Å². The summed E-state index contributed by atoms with van der Waals surface area (Å²) in [6.07, 6.45) is -1.83.